The molecule has 1 saturated carbocycles. The lowest BCUT2D eigenvalue weighted by molar-refractivity contribution is -0.189. The Bertz CT molecular complexity index is 181. The van der Waals surface area contributed by atoms with Crippen LogP contribution in [0.25, 0.3) is 0 Å². The first-order valence-electron chi connectivity index (χ1n) is 4.82. The lowest BCUT2D eigenvalue weighted by Crippen LogP contribution is -2.59. The number of aliphatic hydroxyl groups is 3. The van der Waals surface area contributed by atoms with Crippen molar-refractivity contribution in [3.63, 3.8) is 0 Å². The summed E-state index contributed by atoms with van der Waals surface area (Å²) in [6.45, 7) is 5.57. The van der Waals surface area contributed by atoms with E-state index in [-0.39, 0.29) is 17.9 Å². The second kappa shape index (κ2) is 3.23. The van der Waals surface area contributed by atoms with E-state index in [0.29, 0.717) is 12.8 Å². The molecule has 0 aromatic rings. The fraction of sp³-hybridized carbons (Fsp3) is 1.00. The van der Waals surface area contributed by atoms with Crippen molar-refractivity contribution < 1.29 is 15.3 Å². The summed E-state index contributed by atoms with van der Waals surface area (Å²) in [6, 6.07) is 0. The van der Waals surface area contributed by atoms with Gasteiger partial charge in [0, 0.05) is 12.5 Å². The molecule has 0 aromatic carbocycles. The van der Waals surface area contributed by atoms with E-state index in [1.807, 2.05) is 6.92 Å². The van der Waals surface area contributed by atoms with Crippen LogP contribution in [0.2, 0.25) is 0 Å². The monoisotopic (exact) mass is 188 g/mol. The maximum atomic E-state index is 9.83. The van der Waals surface area contributed by atoms with E-state index in [0.717, 1.165) is 0 Å². The Kier molecular flexibility index (Phi) is 2.72. The van der Waals surface area contributed by atoms with Crippen LogP contribution in [-0.4, -0.2) is 33.6 Å². The van der Waals surface area contributed by atoms with E-state index in [9.17, 15) is 10.2 Å². The summed E-state index contributed by atoms with van der Waals surface area (Å²) >= 11 is 0. The number of hydrogen-bond acceptors (Lipinski definition) is 3. The largest absolute Gasteiger partial charge is 0.396 e. The van der Waals surface area contributed by atoms with Gasteiger partial charge in [0.25, 0.3) is 0 Å². The predicted molar refractivity (Wildman–Crippen MR) is 50.2 cm³/mol. The molecule has 1 aliphatic carbocycles. The van der Waals surface area contributed by atoms with Crippen LogP contribution >= 0.6 is 0 Å². The summed E-state index contributed by atoms with van der Waals surface area (Å²) in [5, 5.41) is 28.3. The molecular formula is C10H20O3. The normalized spacial score (nSPS) is 40.2. The minimum atomic E-state index is -0.860. The van der Waals surface area contributed by atoms with Crippen molar-refractivity contribution in [3.8, 4) is 0 Å². The zero-order chi connectivity index (χ0) is 10.3. The maximum absolute atomic E-state index is 9.83. The SMILES string of the molecule is CC(C)(O)[C@@H]1[C@@H](O)C[C@]1(C)CCO. The van der Waals surface area contributed by atoms with Crippen molar-refractivity contribution in [2.24, 2.45) is 11.3 Å². The van der Waals surface area contributed by atoms with Crippen molar-refractivity contribution >= 4 is 0 Å². The summed E-state index contributed by atoms with van der Waals surface area (Å²) in [7, 11) is 0. The third kappa shape index (κ3) is 1.87. The third-order valence-electron chi connectivity index (χ3n) is 3.26. The Balaban J connectivity index is 2.71. The summed E-state index contributed by atoms with van der Waals surface area (Å²) in [5.41, 5.74) is -0.964. The third-order valence-corrected chi connectivity index (χ3v) is 3.26. The molecule has 0 bridgehead atoms. The van der Waals surface area contributed by atoms with E-state index in [2.05, 4.69) is 0 Å². The van der Waals surface area contributed by atoms with Gasteiger partial charge in [-0.1, -0.05) is 6.92 Å². The molecule has 0 aromatic heterocycles. The topological polar surface area (TPSA) is 60.7 Å². The highest BCUT2D eigenvalue weighted by molar-refractivity contribution is 5.05. The molecule has 0 radical (unpaired) electrons. The molecule has 0 unspecified atom stereocenters. The van der Waals surface area contributed by atoms with Crippen molar-refractivity contribution in [2.75, 3.05) is 6.61 Å². The molecule has 3 heteroatoms. The van der Waals surface area contributed by atoms with Gasteiger partial charge in [-0.15, -0.1) is 0 Å². The maximum Gasteiger partial charge on any atom is 0.0649 e. The summed E-state index contributed by atoms with van der Waals surface area (Å²) in [4.78, 5) is 0. The van der Waals surface area contributed by atoms with E-state index < -0.39 is 11.7 Å². The molecule has 0 saturated heterocycles. The second-order valence-corrected chi connectivity index (χ2v) is 5.03. The van der Waals surface area contributed by atoms with Crippen LogP contribution in [0.4, 0.5) is 0 Å². The number of aliphatic hydroxyl groups excluding tert-OH is 2. The van der Waals surface area contributed by atoms with Crippen molar-refractivity contribution in [2.45, 2.75) is 45.3 Å². The van der Waals surface area contributed by atoms with Crippen molar-refractivity contribution in [1.82, 2.24) is 0 Å². The molecule has 0 aliphatic heterocycles. The predicted octanol–water partition coefficient (Wildman–Crippen LogP) is 0.527. The first-order chi connectivity index (χ1) is 5.81. The van der Waals surface area contributed by atoms with E-state index in [4.69, 9.17) is 5.11 Å². The minimum absolute atomic E-state index is 0.105. The molecule has 13 heavy (non-hydrogen) atoms. The van der Waals surface area contributed by atoms with Gasteiger partial charge in [-0.3, -0.25) is 0 Å². The second-order valence-electron chi connectivity index (χ2n) is 5.03. The zero-order valence-electron chi connectivity index (χ0n) is 8.62. The lowest BCUT2D eigenvalue weighted by Gasteiger charge is -2.56. The highest BCUT2D eigenvalue weighted by Crippen LogP contribution is 2.53. The van der Waals surface area contributed by atoms with Gasteiger partial charge in [0.2, 0.25) is 0 Å². The van der Waals surface area contributed by atoms with Gasteiger partial charge in [-0.2, -0.15) is 0 Å². The molecule has 1 rings (SSSR count). The summed E-state index contributed by atoms with van der Waals surface area (Å²) in [5.74, 6) is -0.118. The lowest BCUT2D eigenvalue weighted by atomic mass is 9.53. The molecule has 3 atom stereocenters. The molecule has 0 heterocycles. The highest BCUT2D eigenvalue weighted by atomic mass is 16.3. The Hall–Kier alpha value is -0.120. The molecule has 78 valence electrons. The van der Waals surface area contributed by atoms with Crippen molar-refractivity contribution in [3.05, 3.63) is 0 Å². The van der Waals surface area contributed by atoms with E-state index in [1.54, 1.807) is 13.8 Å². The molecule has 1 aliphatic rings. The smallest absolute Gasteiger partial charge is 0.0649 e. The molecule has 0 spiro atoms. The Morgan fingerprint density at radius 1 is 1.46 bits per heavy atom. The molecule has 1 fully saturated rings. The minimum Gasteiger partial charge on any atom is -0.396 e. The van der Waals surface area contributed by atoms with Gasteiger partial charge in [0.05, 0.1) is 11.7 Å². The Labute approximate surface area is 79.4 Å². The van der Waals surface area contributed by atoms with Crippen LogP contribution < -0.4 is 0 Å². The zero-order valence-corrected chi connectivity index (χ0v) is 8.62. The van der Waals surface area contributed by atoms with Crippen LogP contribution in [-0.2, 0) is 0 Å². The van der Waals surface area contributed by atoms with Gasteiger partial charge in [-0.05, 0) is 32.1 Å². The van der Waals surface area contributed by atoms with E-state index in [1.165, 1.54) is 0 Å². The van der Waals surface area contributed by atoms with Gasteiger partial charge in [0.15, 0.2) is 0 Å². The molecule has 3 N–H and O–H groups in total. The van der Waals surface area contributed by atoms with Gasteiger partial charge >= 0.3 is 0 Å². The number of rotatable bonds is 3. The highest BCUT2D eigenvalue weighted by Gasteiger charge is 2.55. The fourth-order valence-electron chi connectivity index (χ4n) is 2.86. The van der Waals surface area contributed by atoms with Gasteiger partial charge in [0.1, 0.15) is 0 Å². The Morgan fingerprint density at radius 2 is 2.00 bits per heavy atom. The standard InChI is InChI=1S/C10H20O3/c1-9(2,13)8-7(12)6-10(8,3)4-5-11/h7-8,11-13H,4-6H2,1-3H3/t7-,8-,10-/m0/s1. The summed E-state index contributed by atoms with van der Waals surface area (Å²) < 4.78 is 0. The molecule has 0 amide bonds. The van der Waals surface area contributed by atoms with Crippen LogP contribution in [0.3, 0.4) is 0 Å². The van der Waals surface area contributed by atoms with Crippen LogP contribution in [0, 0.1) is 11.3 Å². The van der Waals surface area contributed by atoms with Gasteiger partial charge < -0.3 is 15.3 Å². The van der Waals surface area contributed by atoms with Crippen molar-refractivity contribution in [1.29, 1.82) is 0 Å². The fourth-order valence-corrected chi connectivity index (χ4v) is 2.86. The summed E-state index contributed by atoms with van der Waals surface area (Å²) in [6.07, 6.45) is 0.914. The van der Waals surface area contributed by atoms with E-state index >= 15 is 0 Å². The average molecular weight is 188 g/mol. The Morgan fingerprint density at radius 3 is 2.31 bits per heavy atom. The quantitative estimate of drug-likeness (QED) is 0.605. The molecular weight excluding hydrogens is 168 g/mol. The number of hydrogen-bond donors (Lipinski definition) is 3. The van der Waals surface area contributed by atoms with Crippen LogP contribution in [0.1, 0.15) is 33.6 Å². The van der Waals surface area contributed by atoms with Gasteiger partial charge in [-0.25, -0.2) is 0 Å². The van der Waals surface area contributed by atoms with Crippen LogP contribution in [0.5, 0.6) is 0 Å². The first kappa shape index (κ1) is 11.0. The first-order valence-corrected chi connectivity index (χ1v) is 4.82. The molecule has 3 nitrogen and oxygen atoms in total. The van der Waals surface area contributed by atoms with Crippen LogP contribution in [0.15, 0.2) is 0 Å². The average Bonchev–Trinajstić information content (AvgIpc) is 1.81.